The standard InChI is InChI=1S/C10H12N6O/c1-2-3-8-14-9(16-15-8)10(17)13-7-4-11-6-12-5-7/h4-6H,2-3H2,1H3,(H,13,17)(H,14,15,16). The van der Waals surface area contributed by atoms with Crippen molar-refractivity contribution >= 4 is 11.6 Å². The predicted octanol–water partition coefficient (Wildman–Crippen LogP) is 0.799. The Balaban J connectivity index is 2.04. The highest BCUT2D eigenvalue weighted by molar-refractivity contribution is 6.01. The molecule has 0 saturated carbocycles. The fourth-order valence-electron chi connectivity index (χ4n) is 1.30. The second-order valence-electron chi connectivity index (χ2n) is 3.44. The number of carbonyl (C=O) groups is 1. The maximum Gasteiger partial charge on any atom is 0.295 e. The molecule has 2 rings (SSSR count). The maximum absolute atomic E-state index is 11.7. The quantitative estimate of drug-likeness (QED) is 0.812. The van der Waals surface area contributed by atoms with Crippen LogP contribution in [-0.4, -0.2) is 31.1 Å². The highest BCUT2D eigenvalue weighted by Crippen LogP contribution is 2.03. The van der Waals surface area contributed by atoms with Crippen molar-refractivity contribution in [2.45, 2.75) is 19.8 Å². The zero-order chi connectivity index (χ0) is 12.1. The minimum absolute atomic E-state index is 0.123. The summed E-state index contributed by atoms with van der Waals surface area (Å²) >= 11 is 0. The van der Waals surface area contributed by atoms with E-state index in [1.165, 1.54) is 18.7 Å². The average molecular weight is 232 g/mol. The maximum atomic E-state index is 11.7. The molecule has 2 heterocycles. The van der Waals surface area contributed by atoms with Crippen LogP contribution in [0.2, 0.25) is 0 Å². The van der Waals surface area contributed by atoms with Gasteiger partial charge in [0.05, 0.1) is 18.1 Å². The fraction of sp³-hybridized carbons (Fsp3) is 0.300. The highest BCUT2D eigenvalue weighted by Gasteiger charge is 2.12. The summed E-state index contributed by atoms with van der Waals surface area (Å²) in [4.78, 5) is 23.4. The van der Waals surface area contributed by atoms with Gasteiger partial charge in [-0.3, -0.25) is 9.89 Å². The monoisotopic (exact) mass is 232 g/mol. The number of anilines is 1. The third-order valence-electron chi connectivity index (χ3n) is 2.04. The zero-order valence-electron chi connectivity index (χ0n) is 9.34. The summed E-state index contributed by atoms with van der Waals surface area (Å²) in [6, 6.07) is 0. The molecule has 0 spiro atoms. The molecule has 0 fully saturated rings. The van der Waals surface area contributed by atoms with E-state index >= 15 is 0 Å². The van der Waals surface area contributed by atoms with Crippen molar-refractivity contribution in [1.29, 1.82) is 0 Å². The SMILES string of the molecule is CCCc1nc(C(=O)Nc2cncnc2)n[nH]1. The van der Waals surface area contributed by atoms with Crippen LogP contribution in [-0.2, 0) is 6.42 Å². The molecule has 0 bridgehead atoms. The Morgan fingerprint density at radius 1 is 1.41 bits per heavy atom. The number of nitrogens with one attached hydrogen (secondary N) is 2. The van der Waals surface area contributed by atoms with Crippen LogP contribution in [0.15, 0.2) is 18.7 Å². The van der Waals surface area contributed by atoms with Crippen molar-refractivity contribution in [3.05, 3.63) is 30.4 Å². The number of aryl methyl sites for hydroxylation is 1. The van der Waals surface area contributed by atoms with Gasteiger partial charge in [0.1, 0.15) is 12.2 Å². The molecule has 1 amide bonds. The Morgan fingerprint density at radius 3 is 2.88 bits per heavy atom. The Morgan fingerprint density at radius 2 is 2.18 bits per heavy atom. The molecule has 88 valence electrons. The van der Waals surface area contributed by atoms with E-state index in [2.05, 4.69) is 30.5 Å². The van der Waals surface area contributed by atoms with Gasteiger partial charge in [-0.15, -0.1) is 5.10 Å². The lowest BCUT2D eigenvalue weighted by atomic mass is 10.3. The van der Waals surface area contributed by atoms with E-state index in [1.807, 2.05) is 6.92 Å². The first-order valence-corrected chi connectivity index (χ1v) is 5.27. The first-order valence-electron chi connectivity index (χ1n) is 5.27. The molecule has 2 aromatic heterocycles. The van der Waals surface area contributed by atoms with Crippen molar-refractivity contribution < 1.29 is 4.79 Å². The molecule has 0 aliphatic rings. The molecular formula is C10H12N6O. The molecule has 7 nitrogen and oxygen atoms in total. The highest BCUT2D eigenvalue weighted by atomic mass is 16.2. The van der Waals surface area contributed by atoms with Crippen LogP contribution in [0.25, 0.3) is 0 Å². The molecule has 0 aromatic carbocycles. The van der Waals surface area contributed by atoms with E-state index in [1.54, 1.807) is 0 Å². The molecule has 0 aliphatic heterocycles. The normalized spacial score (nSPS) is 10.2. The molecule has 17 heavy (non-hydrogen) atoms. The van der Waals surface area contributed by atoms with Gasteiger partial charge < -0.3 is 5.32 Å². The minimum atomic E-state index is -0.376. The number of nitrogens with zero attached hydrogens (tertiary/aromatic N) is 4. The number of hydrogen-bond acceptors (Lipinski definition) is 5. The van der Waals surface area contributed by atoms with Gasteiger partial charge in [-0.1, -0.05) is 6.92 Å². The van der Waals surface area contributed by atoms with Gasteiger partial charge in [-0.2, -0.15) is 0 Å². The van der Waals surface area contributed by atoms with E-state index in [9.17, 15) is 4.79 Å². The smallest absolute Gasteiger partial charge is 0.295 e. The van der Waals surface area contributed by atoms with Gasteiger partial charge in [0.2, 0.25) is 5.82 Å². The van der Waals surface area contributed by atoms with E-state index in [0.29, 0.717) is 11.5 Å². The summed E-state index contributed by atoms with van der Waals surface area (Å²) in [6.07, 6.45) is 6.12. The van der Waals surface area contributed by atoms with Crippen LogP contribution in [0.5, 0.6) is 0 Å². The Hall–Kier alpha value is -2.31. The number of aromatic nitrogens is 5. The van der Waals surface area contributed by atoms with E-state index < -0.39 is 0 Å². The fourth-order valence-corrected chi connectivity index (χ4v) is 1.30. The Labute approximate surface area is 97.7 Å². The number of hydrogen-bond donors (Lipinski definition) is 2. The summed E-state index contributed by atoms with van der Waals surface area (Å²) in [5.41, 5.74) is 0.513. The number of carbonyl (C=O) groups excluding carboxylic acids is 1. The van der Waals surface area contributed by atoms with Gasteiger partial charge in [0.15, 0.2) is 0 Å². The van der Waals surface area contributed by atoms with Crippen LogP contribution in [0, 0.1) is 0 Å². The van der Waals surface area contributed by atoms with Crippen LogP contribution < -0.4 is 5.32 Å². The lowest BCUT2D eigenvalue weighted by molar-refractivity contribution is 0.101. The second-order valence-corrected chi connectivity index (χ2v) is 3.44. The zero-order valence-corrected chi connectivity index (χ0v) is 9.34. The molecule has 0 aliphatic carbocycles. The molecule has 0 unspecified atom stereocenters. The van der Waals surface area contributed by atoms with Crippen LogP contribution in [0.3, 0.4) is 0 Å². The molecule has 0 saturated heterocycles. The molecular weight excluding hydrogens is 220 g/mol. The number of rotatable bonds is 4. The molecule has 7 heteroatoms. The summed E-state index contributed by atoms with van der Waals surface area (Å²) in [7, 11) is 0. The average Bonchev–Trinajstić information content (AvgIpc) is 2.79. The number of aromatic amines is 1. The third kappa shape index (κ3) is 2.83. The Bertz CT molecular complexity index is 495. The van der Waals surface area contributed by atoms with E-state index in [-0.39, 0.29) is 11.7 Å². The van der Waals surface area contributed by atoms with Gasteiger partial charge in [0.25, 0.3) is 5.91 Å². The predicted molar refractivity (Wildman–Crippen MR) is 60.4 cm³/mol. The summed E-state index contributed by atoms with van der Waals surface area (Å²) in [5.74, 6) is 0.456. The first-order chi connectivity index (χ1) is 8.29. The van der Waals surface area contributed by atoms with Crippen molar-refractivity contribution in [3.8, 4) is 0 Å². The topological polar surface area (TPSA) is 96.5 Å². The van der Waals surface area contributed by atoms with E-state index in [4.69, 9.17) is 0 Å². The molecule has 2 N–H and O–H groups in total. The molecule has 0 atom stereocenters. The second kappa shape index (κ2) is 5.15. The Kier molecular flexibility index (Phi) is 3.39. The van der Waals surface area contributed by atoms with Crippen LogP contribution >= 0.6 is 0 Å². The number of H-pyrrole nitrogens is 1. The van der Waals surface area contributed by atoms with Gasteiger partial charge in [-0.25, -0.2) is 15.0 Å². The number of amides is 1. The van der Waals surface area contributed by atoms with E-state index in [0.717, 1.165) is 12.8 Å². The minimum Gasteiger partial charge on any atom is -0.317 e. The van der Waals surface area contributed by atoms with Gasteiger partial charge in [-0.05, 0) is 6.42 Å². The van der Waals surface area contributed by atoms with Crippen molar-refractivity contribution in [2.75, 3.05) is 5.32 Å². The molecule has 2 aromatic rings. The largest absolute Gasteiger partial charge is 0.317 e. The lowest BCUT2D eigenvalue weighted by Gasteiger charge is -1.99. The first kappa shape index (κ1) is 11.2. The molecule has 0 radical (unpaired) electrons. The third-order valence-corrected chi connectivity index (χ3v) is 2.04. The van der Waals surface area contributed by atoms with Gasteiger partial charge >= 0.3 is 0 Å². The van der Waals surface area contributed by atoms with Crippen molar-refractivity contribution in [3.63, 3.8) is 0 Å². The van der Waals surface area contributed by atoms with Gasteiger partial charge in [0, 0.05) is 6.42 Å². The van der Waals surface area contributed by atoms with Crippen molar-refractivity contribution in [1.82, 2.24) is 25.1 Å². The summed E-state index contributed by atoms with van der Waals surface area (Å²) in [6.45, 7) is 2.03. The summed E-state index contributed by atoms with van der Waals surface area (Å²) < 4.78 is 0. The lowest BCUT2D eigenvalue weighted by Crippen LogP contribution is -2.14. The van der Waals surface area contributed by atoms with Crippen molar-refractivity contribution in [2.24, 2.45) is 0 Å². The van der Waals surface area contributed by atoms with Crippen LogP contribution in [0.1, 0.15) is 29.8 Å². The summed E-state index contributed by atoms with van der Waals surface area (Å²) in [5, 5.41) is 9.17. The van der Waals surface area contributed by atoms with Crippen LogP contribution in [0.4, 0.5) is 5.69 Å².